The molecule has 34 heavy (non-hydrogen) atoms. The number of hydrogen-bond donors (Lipinski definition) is 1. The van der Waals surface area contributed by atoms with E-state index in [9.17, 15) is 14.7 Å². The second-order valence-electron chi connectivity index (χ2n) is 8.27. The van der Waals surface area contributed by atoms with E-state index in [1.807, 2.05) is 48.7 Å². The van der Waals surface area contributed by atoms with Crippen molar-refractivity contribution in [3.05, 3.63) is 100 Å². The Bertz CT molecular complexity index is 1620. The number of carbonyl (C=O) groups excluding carboxylic acids is 1. The number of hydrogen-bond acceptors (Lipinski definition) is 4. The van der Waals surface area contributed by atoms with Crippen molar-refractivity contribution in [1.29, 1.82) is 0 Å². The van der Waals surface area contributed by atoms with Gasteiger partial charge in [0.15, 0.2) is 0 Å². The maximum Gasteiger partial charge on any atom is 1.00 e. The fourth-order valence-electron chi connectivity index (χ4n) is 4.85. The first-order chi connectivity index (χ1) is 16.1. The van der Waals surface area contributed by atoms with Crippen LogP contribution in [0.25, 0.3) is 32.8 Å². The fraction of sp³-hybridized carbons (Fsp3) is 0.111. The topological polar surface area (TPSA) is 77.9 Å². The van der Waals surface area contributed by atoms with Crippen LogP contribution in [0.5, 0.6) is 0 Å². The second kappa shape index (κ2) is 8.88. The minimum absolute atomic E-state index is 0. The van der Waals surface area contributed by atoms with Crippen LogP contribution in [0.2, 0.25) is 0 Å². The number of carboxylic acid groups (broad SMARTS) is 1. The Hall–Kier alpha value is -3.17. The second-order valence-corrected chi connectivity index (χ2v) is 9.28. The number of aromatic amines is 1. The molecule has 1 N–H and O–H groups in total. The molecule has 0 radical (unpaired) electrons. The molecular formula is C27H19LiN2O3S. The number of H-pyrrole nitrogens is 1. The number of nitrogens with zero attached hydrogens (tertiary/aromatic N) is 1. The number of benzene rings is 3. The maximum atomic E-state index is 13.1. The number of aliphatic carboxylic acids is 1. The normalized spacial score (nSPS) is 14.8. The molecule has 1 aliphatic heterocycles. The number of carboxylic acids is 1. The number of aromatic nitrogens is 2. The number of pyridine rings is 1. The summed E-state index contributed by atoms with van der Waals surface area (Å²) in [5, 5.41) is 15.8. The minimum Gasteiger partial charge on any atom is -0.548 e. The molecule has 0 spiro atoms. The molecule has 0 saturated carbocycles. The van der Waals surface area contributed by atoms with Gasteiger partial charge in [-0.3, -0.25) is 9.36 Å². The predicted octanol–water partition coefficient (Wildman–Crippen LogP) is 1.14. The molecule has 2 aromatic heterocycles. The summed E-state index contributed by atoms with van der Waals surface area (Å²) in [5.41, 5.74) is 4.58. The predicted molar refractivity (Wildman–Crippen MR) is 130 cm³/mol. The quantitative estimate of drug-likeness (QED) is 0.410. The molecule has 0 fully saturated rings. The largest absolute Gasteiger partial charge is 1.00 e. The van der Waals surface area contributed by atoms with E-state index in [1.165, 1.54) is 16.3 Å². The molecule has 7 heteroatoms. The van der Waals surface area contributed by atoms with Gasteiger partial charge in [-0.1, -0.05) is 60.7 Å². The van der Waals surface area contributed by atoms with Crippen molar-refractivity contribution < 1.29 is 28.8 Å². The number of thioether (sulfide) groups is 1. The van der Waals surface area contributed by atoms with Crippen LogP contribution in [-0.4, -0.2) is 21.3 Å². The van der Waals surface area contributed by atoms with Crippen LogP contribution < -0.4 is 29.5 Å². The van der Waals surface area contributed by atoms with E-state index in [4.69, 9.17) is 0 Å². The average Bonchev–Trinajstić information content (AvgIpc) is 3.45. The van der Waals surface area contributed by atoms with Crippen molar-refractivity contribution >= 4 is 39.4 Å². The van der Waals surface area contributed by atoms with Crippen molar-refractivity contribution in [1.82, 2.24) is 9.55 Å². The van der Waals surface area contributed by atoms with Gasteiger partial charge in [0, 0.05) is 40.0 Å². The average molecular weight is 458 g/mol. The molecule has 6 rings (SSSR count). The minimum atomic E-state index is -1.23. The third kappa shape index (κ3) is 3.59. The van der Waals surface area contributed by atoms with Gasteiger partial charge in [0.2, 0.25) is 0 Å². The Morgan fingerprint density at radius 2 is 1.74 bits per heavy atom. The molecule has 1 atom stereocenters. The van der Waals surface area contributed by atoms with E-state index >= 15 is 0 Å². The summed E-state index contributed by atoms with van der Waals surface area (Å²) in [5.74, 6) is -0.944. The van der Waals surface area contributed by atoms with E-state index in [0.29, 0.717) is 11.4 Å². The molecule has 162 valence electrons. The van der Waals surface area contributed by atoms with E-state index in [0.717, 1.165) is 43.9 Å². The Balaban J connectivity index is 0.00000241. The summed E-state index contributed by atoms with van der Waals surface area (Å²) < 4.78 is 1.39. The monoisotopic (exact) mass is 458 g/mol. The molecule has 0 aliphatic carbocycles. The van der Waals surface area contributed by atoms with Crippen LogP contribution in [0.15, 0.2) is 88.8 Å². The molecule has 0 unspecified atom stereocenters. The molecule has 5 aromatic rings. The van der Waals surface area contributed by atoms with Gasteiger partial charge in [-0.05, 0) is 34.4 Å². The summed E-state index contributed by atoms with van der Waals surface area (Å²) in [4.78, 5) is 28.2. The first kappa shape index (κ1) is 22.6. The zero-order valence-electron chi connectivity index (χ0n) is 18.6. The Labute approximate surface area is 212 Å². The zero-order valence-corrected chi connectivity index (χ0v) is 19.4. The maximum absolute atomic E-state index is 13.1. The van der Waals surface area contributed by atoms with E-state index in [1.54, 1.807) is 6.07 Å². The van der Waals surface area contributed by atoms with Gasteiger partial charge in [0.05, 0.1) is 17.0 Å². The number of fused-ring (bicyclic) bond motifs is 3. The molecule has 3 aromatic carbocycles. The van der Waals surface area contributed by atoms with Gasteiger partial charge in [0.1, 0.15) is 0 Å². The Morgan fingerprint density at radius 1 is 1.00 bits per heavy atom. The van der Waals surface area contributed by atoms with Crippen LogP contribution in [-0.2, 0) is 11.2 Å². The standard InChI is InChI=1S/C27H20N2O3S.Li/c30-24-13-18(12-17-8-5-7-16-6-1-2-9-19(16)17)25(26-29(24)23(15-33-26)27(31)32)21-14-28-22-11-4-3-10-20(21)22;/h1-11,13-14,23,28H,12,15H2,(H,31,32);/q;+1/p-1/t23-;/m0./s1. The number of rotatable bonds is 4. The van der Waals surface area contributed by atoms with E-state index in [-0.39, 0.29) is 30.2 Å². The zero-order chi connectivity index (χ0) is 22.5. The van der Waals surface area contributed by atoms with Gasteiger partial charge in [-0.25, -0.2) is 0 Å². The summed E-state index contributed by atoms with van der Waals surface area (Å²) in [6.45, 7) is 0. The fourth-order valence-corrected chi connectivity index (χ4v) is 6.19. The van der Waals surface area contributed by atoms with Gasteiger partial charge < -0.3 is 14.9 Å². The first-order valence-corrected chi connectivity index (χ1v) is 11.8. The number of carbonyl (C=O) groups is 1. The van der Waals surface area contributed by atoms with Crippen LogP contribution in [0, 0.1) is 0 Å². The first-order valence-electron chi connectivity index (χ1n) is 10.8. The van der Waals surface area contributed by atoms with Gasteiger partial charge in [0.25, 0.3) is 5.56 Å². The molecule has 3 heterocycles. The summed E-state index contributed by atoms with van der Waals surface area (Å²) in [7, 11) is 0. The third-order valence-corrected chi connectivity index (χ3v) is 7.53. The van der Waals surface area contributed by atoms with E-state index < -0.39 is 12.0 Å². The van der Waals surface area contributed by atoms with Gasteiger partial charge in [-0.2, -0.15) is 0 Å². The van der Waals surface area contributed by atoms with E-state index in [2.05, 4.69) is 29.2 Å². The smallest absolute Gasteiger partial charge is 0.548 e. The van der Waals surface area contributed by atoms with Crippen molar-refractivity contribution in [3.8, 4) is 11.1 Å². The molecule has 0 saturated heterocycles. The van der Waals surface area contributed by atoms with Crippen LogP contribution in [0.1, 0.15) is 17.2 Å². The van der Waals surface area contributed by atoms with Crippen LogP contribution in [0.4, 0.5) is 0 Å². The molecule has 1 aliphatic rings. The SMILES string of the molecule is O=C([O-])[C@@H]1CSc2c(-c3c[nH]c4ccccc34)c(Cc3cccc4ccccc34)cc(=O)n21.[Li+]. The van der Waals surface area contributed by atoms with Crippen LogP contribution >= 0.6 is 11.8 Å². The Morgan fingerprint density at radius 3 is 2.56 bits per heavy atom. The summed E-state index contributed by atoms with van der Waals surface area (Å²) in [6, 6.07) is 23.1. The summed E-state index contributed by atoms with van der Waals surface area (Å²) >= 11 is 1.41. The molecule has 5 nitrogen and oxygen atoms in total. The Kier molecular flexibility index (Phi) is 5.91. The number of para-hydroxylation sites is 1. The van der Waals surface area contributed by atoms with Gasteiger partial charge in [-0.15, -0.1) is 11.8 Å². The molecule has 0 amide bonds. The van der Waals surface area contributed by atoms with Crippen molar-refractivity contribution in [2.45, 2.75) is 17.5 Å². The van der Waals surface area contributed by atoms with Crippen LogP contribution in [0.3, 0.4) is 0 Å². The number of nitrogens with one attached hydrogen (secondary N) is 1. The van der Waals surface area contributed by atoms with Crippen molar-refractivity contribution in [3.63, 3.8) is 0 Å². The molecular weight excluding hydrogens is 439 g/mol. The van der Waals surface area contributed by atoms with Gasteiger partial charge >= 0.3 is 18.9 Å². The van der Waals surface area contributed by atoms with Crippen molar-refractivity contribution in [2.24, 2.45) is 0 Å². The third-order valence-electron chi connectivity index (χ3n) is 6.37. The van der Waals surface area contributed by atoms with Crippen molar-refractivity contribution in [2.75, 3.05) is 5.75 Å². The molecule has 0 bridgehead atoms. The summed E-state index contributed by atoms with van der Waals surface area (Å²) in [6.07, 6.45) is 2.51.